The molecule has 0 aliphatic rings. The van der Waals surface area contributed by atoms with Gasteiger partial charge in [-0.3, -0.25) is 0 Å². The predicted molar refractivity (Wildman–Crippen MR) is 79.5 cm³/mol. The van der Waals surface area contributed by atoms with Crippen molar-refractivity contribution in [3.05, 3.63) is 40.7 Å². The van der Waals surface area contributed by atoms with E-state index in [0.717, 1.165) is 22.7 Å². The van der Waals surface area contributed by atoms with Crippen molar-refractivity contribution in [3.63, 3.8) is 0 Å². The van der Waals surface area contributed by atoms with Gasteiger partial charge in [0.2, 0.25) is 0 Å². The molecule has 2 aromatic rings. The highest BCUT2D eigenvalue weighted by atomic mass is 35.5. The third-order valence-corrected chi connectivity index (χ3v) is 3.62. The number of hydrogen-bond acceptors (Lipinski definition) is 3. The molecule has 0 aliphatic carbocycles. The zero-order valence-corrected chi connectivity index (χ0v) is 12.3. The number of nitrogens with two attached hydrogens (primary N) is 1. The minimum Gasteiger partial charge on any atom is -0.330 e. The first-order valence-corrected chi connectivity index (χ1v) is 5.94. The van der Waals surface area contributed by atoms with Crippen LogP contribution in [0.4, 0.5) is 4.39 Å². The molecule has 0 unspecified atom stereocenters. The second kappa shape index (κ2) is 7.69. The van der Waals surface area contributed by atoms with Crippen LogP contribution >= 0.6 is 36.2 Å². The number of aromatic nitrogens is 1. The number of aryl methyl sites for hydroxylation is 1. The maximum Gasteiger partial charge on any atom is 0.123 e. The van der Waals surface area contributed by atoms with E-state index in [2.05, 4.69) is 4.98 Å². The zero-order chi connectivity index (χ0) is 11.5. The van der Waals surface area contributed by atoms with Crippen molar-refractivity contribution >= 4 is 36.2 Å². The molecule has 0 fully saturated rings. The van der Waals surface area contributed by atoms with E-state index in [1.807, 2.05) is 6.92 Å². The summed E-state index contributed by atoms with van der Waals surface area (Å²) in [7, 11) is 0. The molecule has 2 N–H and O–H groups in total. The van der Waals surface area contributed by atoms with Gasteiger partial charge >= 0.3 is 0 Å². The summed E-state index contributed by atoms with van der Waals surface area (Å²) in [6.07, 6.45) is 0.852. The third-order valence-electron chi connectivity index (χ3n) is 2.36. The van der Waals surface area contributed by atoms with Crippen molar-refractivity contribution in [3.8, 4) is 10.6 Å². The van der Waals surface area contributed by atoms with Gasteiger partial charge in [0.05, 0.1) is 5.69 Å². The van der Waals surface area contributed by atoms with E-state index in [-0.39, 0.29) is 30.6 Å². The molecule has 100 valence electrons. The molecule has 0 atom stereocenters. The Hall–Kier alpha value is -0.680. The van der Waals surface area contributed by atoms with E-state index >= 15 is 0 Å². The van der Waals surface area contributed by atoms with Gasteiger partial charge in [-0.2, -0.15) is 0 Å². The van der Waals surface area contributed by atoms with Gasteiger partial charge in [0.15, 0.2) is 0 Å². The van der Waals surface area contributed by atoms with Crippen LogP contribution in [-0.2, 0) is 6.42 Å². The maximum atomic E-state index is 12.8. The largest absolute Gasteiger partial charge is 0.330 e. The van der Waals surface area contributed by atoms with Crippen molar-refractivity contribution in [2.45, 2.75) is 13.3 Å². The number of nitrogens with zero attached hydrogens (tertiary/aromatic N) is 1. The summed E-state index contributed by atoms with van der Waals surface area (Å²) in [5.74, 6) is -0.223. The van der Waals surface area contributed by atoms with Crippen LogP contribution in [0.1, 0.15) is 10.6 Å². The molecule has 1 heterocycles. The molecule has 2 rings (SSSR count). The molecule has 1 aromatic heterocycles. The number of benzene rings is 1. The van der Waals surface area contributed by atoms with E-state index in [4.69, 9.17) is 5.73 Å². The molecule has 0 saturated carbocycles. The van der Waals surface area contributed by atoms with Crippen LogP contribution in [0.3, 0.4) is 0 Å². The van der Waals surface area contributed by atoms with Crippen molar-refractivity contribution in [1.29, 1.82) is 0 Å². The summed E-state index contributed by atoms with van der Waals surface area (Å²) in [6, 6.07) is 6.41. The van der Waals surface area contributed by atoms with E-state index in [0.29, 0.717) is 6.54 Å². The molecule has 2 nitrogen and oxygen atoms in total. The highest BCUT2D eigenvalue weighted by molar-refractivity contribution is 7.15. The van der Waals surface area contributed by atoms with Gasteiger partial charge in [-0.15, -0.1) is 36.2 Å². The summed E-state index contributed by atoms with van der Waals surface area (Å²) >= 11 is 1.63. The normalized spacial score (nSPS) is 9.50. The zero-order valence-electron chi connectivity index (χ0n) is 9.85. The second-order valence-electron chi connectivity index (χ2n) is 3.57. The Kier molecular flexibility index (Phi) is 7.40. The smallest absolute Gasteiger partial charge is 0.123 e. The predicted octanol–water partition coefficient (Wildman–Crippen LogP) is 3.60. The number of rotatable bonds is 3. The Morgan fingerprint density at radius 1 is 1.22 bits per heavy atom. The first-order chi connectivity index (χ1) is 7.70. The number of hydrogen-bond donors (Lipinski definition) is 1. The Morgan fingerprint density at radius 3 is 2.39 bits per heavy atom. The fourth-order valence-electron chi connectivity index (χ4n) is 1.51. The summed E-state index contributed by atoms with van der Waals surface area (Å²) < 4.78 is 12.8. The average Bonchev–Trinajstić information content (AvgIpc) is 2.62. The lowest BCUT2D eigenvalue weighted by Crippen LogP contribution is -2.01. The molecule has 0 spiro atoms. The van der Waals surface area contributed by atoms with Crippen molar-refractivity contribution < 1.29 is 4.39 Å². The van der Waals surface area contributed by atoms with Gasteiger partial charge in [-0.05, 0) is 44.2 Å². The first kappa shape index (κ1) is 17.3. The molecule has 1 aromatic carbocycles. The molecule has 18 heavy (non-hydrogen) atoms. The van der Waals surface area contributed by atoms with E-state index < -0.39 is 0 Å². The molecule has 6 heteroatoms. The van der Waals surface area contributed by atoms with Crippen LogP contribution in [0.25, 0.3) is 10.6 Å². The molecule has 0 amide bonds. The molecular weight excluding hydrogens is 294 g/mol. The molecule has 0 radical (unpaired) electrons. The lowest BCUT2D eigenvalue weighted by molar-refractivity contribution is 0.628. The van der Waals surface area contributed by atoms with E-state index in [9.17, 15) is 4.39 Å². The van der Waals surface area contributed by atoms with Crippen molar-refractivity contribution in [1.82, 2.24) is 4.98 Å². The first-order valence-electron chi connectivity index (χ1n) is 5.13. The highest BCUT2D eigenvalue weighted by Gasteiger charge is 2.08. The lowest BCUT2D eigenvalue weighted by atomic mass is 10.2. The van der Waals surface area contributed by atoms with Crippen LogP contribution < -0.4 is 5.73 Å². The van der Waals surface area contributed by atoms with Gasteiger partial charge in [-0.1, -0.05) is 0 Å². The molecule has 0 bridgehead atoms. The van der Waals surface area contributed by atoms with Crippen LogP contribution in [0, 0.1) is 12.7 Å². The van der Waals surface area contributed by atoms with Gasteiger partial charge in [0.1, 0.15) is 10.8 Å². The van der Waals surface area contributed by atoms with Crippen LogP contribution in [0.15, 0.2) is 24.3 Å². The van der Waals surface area contributed by atoms with Gasteiger partial charge in [0.25, 0.3) is 0 Å². The number of halogens is 3. The summed E-state index contributed by atoms with van der Waals surface area (Å²) in [5, 5.41) is 0.931. The van der Waals surface area contributed by atoms with Gasteiger partial charge < -0.3 is 5.73 Å². The van der Waals surface area contributed by atoms with E-state index in [1.165, 1.54) is 17.0 Å². The SMILES string of the molecule is Cc1nc(-c2ccc(F)cc2)sc1CCN.Cl.Cl. The van der Waals surface area contributed by atoms with Crippen molar-refractivity contribution in [2.75, 3.05) is 6.54 Å². The fraction of sp³-hybridized carbons (Fsp3) is 0.250. The Labute approximate surface area is 122 Å². The standard InChI is InChI=1S/C12H13FN2S.2ClH/c1-8-11(6-7-14)16-12(15-8)9-2-4-10(13)5-3-9;;/h2-5H,6-7,14H2,1H3;2*1H. The van der Waals surface area contributed by atoms with E-state index in [1.54, 1.807) is 23.5 Å². The fourth-order valence-corrected chi connectivity index (χ4v) is 2.59. The highest BCUT2D eigenvalue weighted by Crippen LogP contribution is 2.28. The summed E-state index contributed by atoms with van der Waals surface area (Å²) in [6.45, 7) is 2.61. The Morgan fingerprint density at radius 2 is 1.83 bits per heavy atom. The minimum atomic E-state index is -0.223. The van der Waals surface area contributed by atoms with Crippen LogP contribution in [0.2, 0.25) is 0 Å². The summed E-state index contributed by atoms with van der Waals surface area (Å²) in [5.41, 5.74) is 7.51. The maximum absolute atomic E-state index is 12.8. The Balaban J connectivity index is 0.00000144. The topological polar surface area (TPSA) is 38.9 Å². The van der Waals surface area contributed by atoms with Crippen LogP contribution in [-0.4, -0.2) is 11.5 Å². The molecule has 0 saturated heterocycles. The average molecular weight is 309 g/mol. The lowest BCUT2D eigenvalue weighted by Gasteiger charge is -1.94. The van der Waals surface area contributed by atoms with Gasteiger partial charge in [0, 0.05) is 10.4 Å². The molecule has 0 aliphatic heterocycles. The van der Waals surface area contributed by atoms with Crippen molar-refractivity contribution in [2.24, 2.45) is 5.73 Å². The molecular formula is C12H15Cl2FN2S. The third kappa shape index (κ3) is 3.92. The minimum absolute atomic E-state index is 0. The van der Waals surface area contributed by atoms with Gasteiger partial charge in [-0.25, -0.2) is 9.37 Å². The Bertz CT molecular complexity index is 485. The number of thiazole rings is 1. The van der Waals surface area contributed by atoms with Crippen LogP contribution in [0.5, 0.6) is 0 Å². The quantitative estimate of drug-likeness (QED) is 0.941. The second-order valence-corrected chi connectivity index (χ2v) is 4.66. The summed E-state index contributed by atoms with van der Waals surface area (Å²) in [4.78, 5) is 5.68. The monoisotopic (exact) mass is 308 g/mol.